The number of hydrogen-bond acceptors (Lipinski definition) is 0. The van der Waals surface area contributed by atoms with Gasteiger partial charge in [0.1, 0.15) is 0 Å². The van der Waals surface area contributed by atoms with E-state index in [1.165, 1.54) is 42.6 Å². The van der Waals surface area contributed by atoms with Gasteiger partial charge in [-0.25, -0.2) is 0 Å². The summed E-state index contributed by atoms with van der Waals surface area (Å²) >= 11 is 3.80. The third-order valence-corrected chi connectivity index (χ3v) is 16.2. The van der Waals surface area contributed by atoms with Crippen LogP contribution < -0.4 is 31.8 Å². The maximum absolute atomic E-state index is 3.80. The van der Waals surface area contributed by atoms with Crippen molar-refractivity contribution in [1.82, 2.24) is 0 Å². The summed E-state index contributed by atoms with van der Waals surface area (Å²) in [6.07, 6.45) is 0. The summed E-state index contributed by atoms with van der Waals surface area (Å²) in [5, 5.41) is 10.9. The van der Waals surface area contributed by atoms with Gasteiger partial charge in [0, 0.05) is 0 Å². The van der Waals surface area contributed by atoms with Gasteiger partial charge in [-0.05, 0) is 0 Å². The van der Waals surface area contributed by atoms with Gasteiger partial charge in [0.15, 0.2) is 0 Å². The summed E-state index contributed by atoms with van der Waals surface area (Å²) < 4.78 is 0. The van der Waals surface area contributed by atoms with E-state index in [0.717, 1.165) is 0 Å². The molecule has 0 aliphatic carbocycles. The molecular weight excluding hydrogens is 549 g/mol. The molecule has 0 saturated carbocycles. The Kier molecular flexibility index (Phi) is 7.06. The van der Waals surface area contributed by atoms with Gasteiger partial charge < -0.3 is 0 Å². The van der Waals surface area contributed by atoms with Gasteiger partial charge in [-0.15, -0.1) is 0 Å². The van der Waals surface area contributed by atoms with Crippen molar-refractivity contribution in [2.24, 2.45) is 0 Å². The zero-order valence-corrected chi connectivity index (χ0v) is 23.8. The average molecular weight is 575 g/mol. The molecule has 0 aromatic heterocycles. The Balaban J connectivity index is 1.71. The first kappa shape index (κ1) is 24.3. The molecule has 0 nitrogen and oxygen atoms in total. The number of fused-ring (bicyclic) bond motifs is 1. The molecule has 0 saturated heterocycles. The molecule has 3 heteroatoms. The second-order valence-electron chi connectivity index (χ2n) is 8.94. The van der Waals surface area contributed by atoms with Gasteiger partial charge in [0.25, 0.3) is 0 Å². The summed E-state index contributed by atoms with van der Waals surface area (Å²) in [6.45, 7) is 0. The molecule has 0 unspecified atom stereocenters. The molecule has 6 rings (SSSR count). The van der Waals surface area contributed by atoms with Crippen LogP contribution in [0, 0.1) is 0 Å². The predicted molar refractivity (Wildman–Crippen MR) is 167 cm³/mol. The van der Waals surface area contributed by atoms with Crippen LogP contribution in [0.15, 0.2) is 158 Å². The summed E-state index contributed by atoms with van der Waals surface area (Å²) in [7, 11) is -0.743. The molecule has 0 atom stereocenters. The van der Waals surface area contributed by atoms with E-state index in [-0.39, 0.29) is 0 Å². The Bertz CT molecular complexity index is 1590. The molecule has 6 aromatic rings. The first-order chi connectivity index (χ1) is 18.3. The first-order valence-corrected chi connectivity index (χ1v) is 17.8. The quantitative estimate of drug-likeness (QED) is 0.170. The molecule has 37 heavy (non-hydrogen) atoms. The van der Waals surface area contributed by atoms with E-state index in [9.17, 15) is 0 Å². The van der Waals surface area contributed by atoms with Crippen LogP contribution in [-0.2, 0) is 0 Å². The van der Waals surface area contributed by atoms with Crippen LogP contribution >= 0.6 is 13.4 Å². The van der Waals surface area contributed by atoms with Crippen LogP contribution in [0.3, 0.4) is 0 Å². The molecule has 0 amide bonds. The number of benzene rings is 6. The molecule has 0 N–H and O–H groups in total. The van der Waals surface area contributed by atoms with Gasteiger partial charge >= 0.3 is 229 Å². The van der Waals surface area contributed by atoms with Crippen molar-refractivity contribution in [1.29, 1.82) is 0 Å². The standard InChI is InChI=1S/C34H26P2Se/c37-36(30-21-9-3-10-22-30,31-23-11-4-12-24-31)33-26-14-16-27-15-13-25-32(34(27)33)35(28-17-5-1-6-18-28)29-19-7-2-8-20-29/h1-26H. The zero-order chi connectivity index (χ0) is 25.1. The van der Waals surface area contributed by atoms with Crippen molar-refractivity contribution in [2.45, 2.75) is 0 Å². The normalized spacial score (nSPS) is 11.6. The van der Waals surface area contributed by atoms with Gasteiger partial charge in [-0.2, -0.15) is 0 Å². The Hall–Kier alpha value is -3.04. The van der Waals surface area contributed by atoms with E-state index >= 15 is 0 Å². The minimum absolute atomic E-state index is 0.743. The van der Waals surface area contributed by atoms with E-state index in [2.05, 4.69) is 173 Å². The van der Waals surface area contributed by atoms with Crippen LogP contribution in [0.2, 0.25) is 0 Å². The van der Waals surface area contributed by atoms with Gasteiger partial charge in [-0.3, -0.25) is 0 Å². The van der Waals surface area contributed by atoms with Crippen molar-refractivity contribution < 1.29 is 0 Å². The fourth-order valence-corrected chi connectivity index (χ4v) is 13.0. The van der Waals surface area contributed by atoms with Gasteiger partial charge in [-0.1, -0.05) is 0 Å². The van der Waals surface area contributed by atoms with Crippen molar-refractivity contribution in [3.8, 4) is 0 Å². The fraction of sp³-hybridized carbons (Fsp3) is 0. The molecule has 6 aromatic carbocycles. The molecule has 178 valence electrons. The van der Waals surface area contributed by atoms with Crippen LogP contribution in [-0.4, -0.2) is 15.1 Å². The Labute approximate surface area is 228 Å². The molecule has 0 fully saturated rings. The Morgan fingerprint density at radius 1 is 0.432 bits per heavy atom. The summed E-state index contributed by atoms with van der Waals surface area (Å²) in [6, 6.07) is 57.8. The second-order valence-corrected chi connectivity index (χ2v) is 17.3. The van der Waals surface area contributed by atoms with E-state index in [4.69, 9.17) is 0 Å². The summed E-state index contributed by atoms with van der Waals surface area (Å²) in [4.78, 5) is 0. The molecular formula is C34H26P2Se. The van der Waals surface area contributed by atoms with Crippen LogP contribution in [0.25, 0.3) is 10.8 Å². The number of rotatable bonds is 6. The van der Waals surface area contributed by atoms with E-state index in [1.54, 1.807) is 0 Å². The molecule has 0 aliphatic rings. The van der Waals surface area contributed by atoms with Crippen molar-refractivity contribution in [3.05, 3.63) is 158 Å². The molecule has 0 bridgehead atoms. The SMILES string of the molecule is [Se]=P(c1ccccc1)(c1ccccc1)c1cccc2cccc(P(c3ccccc3)c3ccccc3)c12. The van der Waals surface area contributed by atoms with Crippen molar-refractivity contribution >= 4 is 71.1 Å². The number of hydrogen-bond donors (Lipinski definition) is 0. The second kappa shape index (κ2) is 10.8. The van der Waals surface area contributed by atoms with Crippen molar-refractivity contribution in [3.63, 3.8) is 0 Å². The van der Waals surface area contributed by atoms with Crippen molar-refractivity contribution in [2.75, 3.05) is 0 Å². The van der Waals surface area contributed by atoms with E-state index in [0.29, 0.717) is 0 Å². The zero-order valence-electron chi connectivity index (χ0n) is 20.3. The minimum atomic E-state index is -2.04. The van der Waals surface area contributed by atoms with Crippen LogP contribution in [0.1, 0.15) is 0 Å². The summed E-state index contributed by atoms with van der Waals surface area (Å²) in [5.41, 5.74) is -2.04. The van der Waals surface area contributed by atoms with E-state index < -0.39 is 13.4 Å². The topological polar surface area (TPSA) is 0 Å². The predicted octanol–water partition coefficient (Wildman–Crippen LogP) is 5.98. The molecule has 0 radical (unpaired) electrons. The fourth-order valence-electron chi connectivity index (χ4n) is 5.03. The van der Waals surface area contributed by atoms with Crippen LogP contribution in [0.5, 0.6) is 0 Å². The Morgan fingerprint density at radius 3 is 1.35 bits per heavy atom. The van der Waals surface area contributed by atoms with E-state index in [1.807, 2.05) is 0 Å². The average Bonchev–Trinajstić information content (AvgIpc) is 2.99. The summed E-state index contributed by atoms with van der Waals surface area (Å²) in [5.74, 6) is 0. The Morgan fingerprint density at radius 2 is 0.865 bits per heavy atom. The third-order valence-electron chi connectivity index (χ3n) is 6.71. The molecule has 0 heterocycles. The third kappa shape index (κ3) is 4.59. The molecule has 0 aliphatic heterocycles. The van der Waals surface area contributed by atoms with Crippen LogP contribution in [0.4, 0.5) is 0 Å². The molecule has 0 spiro atoms. The van der Waals surface area contributed by atoms with Gasteiger partial charge in [0.05, 0.1) is 0 Å². The maximum atomic E-state index is 3.80. The van der Waals surface area contributed by atoms with Gasteiger partial charge in [0.2, 0.25) is 0 Å². The monoisotopic (exact) mass is 576 g/mol. The first-order valence-electron chi connectivity index (χ1n) is 12.4.